The van der Waals surface area contributed by atoms with Gasteiger partial charge in [-0.15, -0.1) is 10.0 Å². The monoisotopic (exact) mass is 190 g/mol. The van der Waals surface area contributed by atoms with E-state index < -0.39 is 0 Å². The molecule has 14 heavy (non-hydrogen) atoms. The van der Waals surface area contributed by atoms with Crippen LogP contribution in [0.5, 0.6) is 0 Å². The summed E-state index contributed by atoms with van der Waals surface area (Å²) in [7, 11) is 0. The number of nitrogens with zero attached hydrogens (tertiary/aromatic N) is 3. The molecule has 6 heteroatoms. The van der Waals surface area contributed by atoms with Crippen LogP contribution >= 0.6 is 0 Å². The van der Waals surface area contributed by atoms with Gasteiger partial charge in [-0.2, -0.15) is 5.43 Å². The average Bonchev–Trinajstić information content (AvgIpc) is 2.68. The van der Waals surface area contributed by atoms with Crippen molar-refractivity contribution in [2.45, 2.75) is 0 Å². The van der Waals surface area contributed by atoms with E-state index in [1.165, 1.54) is 0 Å². The van der Waals surface area contributed by atoms with Crippen molar-refractivity contribution in [3.8, 4) is 11.5 Å². The summed E-state index contributed by atoms with van der Waals surface area (Å²) in [4.78, 5) is 9.83. The fraction of sp³-hybridized carbons (Fsp3) is 0. The molecular formula is C8H6N4O2. The third-order valence-corrected chi connectivity index (χ3v) is 1.59. The maximum absolute atomic E-state index is 9.83. The predicted molar refractivity (Wildman–Crippen MR) is 49.2 cm³/mol. The quantitative estimate of drug-likeness (QED) is 0.589. The summed E-state index contributed by atoms with van der Waals surface area (Å²) in [5, 5.41) is 9.70. The van der Waals surface area contributed by atoms with Crippen LogP contribution < -0.4 is 5.43 Å². The molecule has 0 amide bonds. The first-order valence-corrected chi connectivity index (χ1v) is 3.87. The van der Waals surface area contributed by atoms with E-state index >= 15 is 0 Å². The Morgan fingerprint density at radius 2 is 2.00 bits per heavy atom. The second-order valence-corrected chi connectivity index (χ2v) is 2.48. The van der Waals surface area contributed by atoms with Gasteiger partial charge in [-0.25, -0.2) is 0 Å². The lowest BCUT2D eigenvalue weighted by atomic mass is 10.2. The lowest BCUT2D eigenvalue weighted by molar-refractivity contribution is 0.582. The lowest BCUT2D eigenvalue weighted by Crippen LogP contribution is -1.83. The van der Waals surface area contributed by atoms with Crippen molar-refractivity contribution < 1.29 is 4.42 Å². The molecule has 0 aliphatic heterocycles. The van der Waals surface area contributed by atoms with Crippen molar-refractivity contribution >= 4 is 6.01 Å². The number of nitrogens with one attached hydrogen (secondary N) is 1. The van der Waals surface area contributed by atoms with E-state index in [-0.39, 0.29) is 6.01 Å². The smallest absolute Gasteiger partial charge is 0.339 e. The van der Waals surface area contributed by atoms with Gasteiger partial charge in [0.15, 0.2) is 0 Å². The Morgan fingerprint density at radius 3 is 2.71 bits per heavy atom. The molecule has 0 bridgehead atoms. The SMILES string of the molecule is O=NNc1nnc(-c2ccccc2)o1. The Morgan fingerprint density at radius 1 is 1.21 bits per heavy atom. The first-order chi connectivity index (χ1) is 6.90. The molecule has 0 aliphatic rings. The molecule has 2 aromatic rings. The minimum atomic E-state index is -0.0150. The van der Waals surface area contributed by atoms with Crippen molar-refractivity contribution in [3.05, 3.63) is 35.2 Å². The number of benzene rings is 1. The fourth-order valence-electron chi connectivity index (χ4n) is 1.00. The molecule has 1 N–H and O–H groups in total. The van der Waals surface area contributed by atoms with Gasteiger partial charge in [0.1, 0.15) is 0 Å². The van der Waals surface area contributed by atoms with Crippen LogP contribution in [0, 0.1) is 4.91 Å². The molecule has 0 fully saturated rings. The summed E-state index contributed by atoms with van der Waals surface area (Å²) in [6.45, 7) is 0. The van der Waals surface area contributed by atoms with Crippen LogP contribution in [0.4, 0.5) is 6.01 Å². The zero-order valence-corrected chi connectivity index (χ0v) is 7.04. The molecule has 6 nitrogen and oxygen atoms in total. The molecule has 2 rings (SSSR count). The molecular weight excluding hydrogens is 184 g/mol. The van der Waals surface area contributed by atoms with Gasteiger partial charge in [0.05, 0.1) is 5.29 Å². The normalized spacial score (nSPS) is 9.71. The van der Waals surface area contributed by atoms with Gasteiger partial charge in [-0.1, -0.05) is 23.3 Å². The number of rotatable bonds is 3. The highest BCUT2D eigenvalue weighted by molar-refractivity contribution is 5.52. The van der Waals surface area contributed by atoms with Crippen molar-refractivity contribution in [1.29, 1.82) is 0 Å². The molecule has 0 unspecified atom stereocenters. The van der Waals surface area contributed by atoms with E-state index in [2.05, 4.69) is 15.5 Å². The molecule has 0 saturated carbocycles. The van der Waals surface area contributed by atoms with E-state index in [1.807, 2.05) is 35.8 Å². The third kappa shape index (κ3) is 1.58. The maximum Gasteiger partial charge on any atom is 0.339 e. The summed E-state index contributed by atoms with van der Waals surface area (Å²) in [5.74, 6) is 0.344. The van der Waals surface area contributed by atoms with E-state index in [0.29, 0.717) is 5.89 Å². The van der Waals surface area contributed by atoms with Crippen LogP contribution in [0.3, 0.4) is 0 Å². The van der Waals surface area contributed by atoms with Gasteiger partial charge in [-0.3, -0.25) is 0 Å². The van der Waals surface area contributed by atoms with Crippen LogP contribution in [0.15, 0.2) is 40.0 Å². The molecule has 1 aromatic heterocycles. The highest BCUT2D eigenvalue weighted by atomic mass is 16.4. The van der Waals surface area contributed by atoms with Gasteiger partial charge >= 0.3 is 6.01 Å². The predicted octanol–water partition coefficient (Wildman–Crippen LogP) is 1.83. The summed E-state index contributed by atoms with van der Waals surface area (Å²) < 4.78 is 5.08. The molecule has 1 aromatic carbocycles. The van der Waals surface area contributed by atoms with E-state index in [4.69, 9.17) is 4.42 Å². The molecule has 0 aliphatic carbocycles. The standard InChI is InChI=1S/C8H6N4O2/c13-12-11-8-10-9-7(14-8)6-4-2-1-3-5-6/h1-5H,(H,10,11,13). The second-order valence-electron chi connectivity index (χ2n) is 2.48. The summed E-state index contributed by atoms with van der Waals surface area (Å²) in [5.41, 5.74) is 2.82. The van der Waals surface area contributed by atoms with Crippen molar-refractivity contribution in [2.24, 2.45) is 5.29 Å². The van der Waals surface area contributed by atoms with Crippen LogP contribution in [0.25, 0.3) is 11.5 Å². The van der Waals surface area contributed by atoms with Crippen LogP contribution in [-0.4, -0.2) is 10.2 Å². The Hall–Kier alpha value is -2.24. The van der Waals surface area contributed by atoms with Gasteiger partial charge in [0.25, 0.3) is 0 Å². The number of anilines is 1. The topological polar surface area (TPSA) is 80.4 Å². The molecule has 1 heterocycles. The summed E-state index contributed by atoms with van der Waals surface area (Å²) in [6, 6.07) is 9.22. The zero-order valence-electron chi connectivity index (χ0n) is 7.04. The van der Waals surface area contributed by atoms with E-state index in [0.717, 1.165) is 5.56 Å². The minimum absolute atomic E-state index is 0.0150. The number of nitroso groups, excluding NO2 is 1. The zero-order chi connectivity index (χ0) is 9.80. The summed E-state index contributed by atoms with van der Waals surface area (Å²) in [6.07, 6.45) is 0. The van der Waals surface area contributed by atoms with Crippen LogP contribution in [0.2, 0.25) is 0 Å². The molecule has 0 atom stereocenters. The summed E-state index contributed by atoms with van der Waals surface area (Å²) >= 11 is 0. The maximum atomic E-state index is 9.83. The highest BCUT2D eigenvalue weighted by Gasteiger charge is 2.06. The third-order valence-electron chi connectivity index (χ3n) is 1.59. The minimum Gasteiger partial charge on any atom is -0.402 e. The molecule has 0 saturated heterocycles. The van der Waals surface area contributed by atoms with Crippen LogP contribution in [0.1, 0.15) is 0 Å². The Balaban J connectivity index is 2.29. The van der Waals surface area contributed by atoms with Crippen molar-refractivity contribution in [1.82, 2.24) is 10.2 Å². The first kappa shape index (κ1) is 8.36. The molecule has 0 radical (unpaired) electrons. The van der Waals surface area contributed by atoms with Gasteiger partial charge in [-0.05, 0) is 12.1 Å². The van der Waals surface area contributed by atoms with Crippen molar-refractivity contribution in [2.75, 3.05) is 5.43 Å². The number of hydrogen-bond acceptors (Lipinski definition) is 5. The van der Waals surface area contributed by atoms with Crippen molar-refractivity contribution in [3.63, 3.8) is 0 Å². The average molecular weight is 190 g/mol. The van der Waals surface area contributed by atoms with Gasteiger partial charge in [0.2, 0.25) is 5.89 Å². The Labute approximate surface area is 78.9 Å². The Kier molecular flexibility index (Phi) is 2.18. The fourth-order valence-corrected chi connectivity index (χ4v) is 1.00. The number of aromatic nitrogens is 2. The van der Waals surface area contributed by atoms with Gasteiger partial charge in [0, 0.05) is 5.56 Å². The highest BCUT2D eigenvalue weighted by Crippen LogP contribution is 2.18. The number of hydrogen-bond donors (Lipinski definition) is 1. The Bertz CT molecular complexity index is 426. The van der Waals surface area contributed by atoms with Gasteiger partial charge < -0.3 is 4.42 Å². The molecule has 0 spiro atoms. The first-order valence-electron chi connectivity index (χ1n) is 3.87. The second kappa shape index (κ2) is 3.65. The lowest BCUT2D eigenvalue weighted by Gasteiger charge is -1.90. The largest absolute Gasteiger partial charge is 0.402 e. The van der Waals surface area contributed by atoms with Crippen LogP contribution in [-0.2, 0) is 0 Å². The van der Waals surface area contributed by atoms with E-state index in [1.54, 1.807) is 0 Å². The van der Waals surface area contributed by atoms with E-state index in [9.17, 15) is 4.91 Å². The molecule has 70 valence electrons.